The first kappa shape index (κ1) is 13.6. The molecule has 4 nitrogen and oxygen atoms in total. The van der Waals surface area contributed by atoms with Gasteiger partial charge in [0.2, 0.25) is 5.28 Å². The SMILES string of the molecule is CN(CCN1CCCC1)c1nc(Cl)nc2ccccc12. The zero-order valence-electron chi connectivity index (χ0n) is 11.7. The number of aromatic nitrogens is 2. The summed E-state index contributed by atoms with van der Waals surface area (Å²) >= 11 is 6.04. The van der Waals surface area contributed by atoms with Gasteiger partial charge in [0.1, 0.15) is 5.82 Å². The van der Waals surface area contributed by atoms with Crippen LogP contribution in [-0.2, 0) is 0 Å². The van der Waals surface area contributed by atoms with Gasteiger partial charge < -0.3 is 9.80 Å². The van der Waals surface area contributed by atoms with Gasteiger partial charge >= 0.3 is 0 Å². The molecule has 1 aliphatic heterocycles. The number of halogens is 1. The monoisotopic (exact) mass is 290 g/mol. The van der Waals surface area contributed by atoms with Crippen LogP contribution in [0.15, 0.2) is 24.3 Å². The molecule has 1 aromatic carbocycles. The lowest BCUT2D eigenvalue weighted by Crippen LogP contribution is -2.32. The zero-order valence-corrected chi connectivity index (χ0v) is 12.5. The van der Waals surface area contributed by atoms with E-state index in [0.717, 1.165) is 29.8 Å². The Hall–Kier alpha value is -1.39. The van der Waals surface area contributed by atoms with E-state index in [2.05, 4.69) is 26.8 Å². The second kappa shape index (κ2) is 5.94. The van der Waals surface area contributed by atoms with Crippen LogP contribution in [0.4, 0.5) is 5.82 Å². The number of hydrogen-bond acceptors (Lipinski definition) is 4. The Kier molecular flexibility index (Phi) is 4.03. The van der Waals surface area contributed by atoms with Gasteiger partial charge in [-0.2, -0.15) is 4.98 Å². The van der Waals surface area contributed by atoms with E-state index in [9.17, 15) is 0 Å². The fraction of sp³-hybridized carbons (Fsp3) is 0.467. The van der Waals surface area contributed by atoms with E-state index in [1.54, 1.807) is 0 Å². The minimum atomic E-state index is 0.312. The number of rotatable bonds is 4. The lowest BCUT2D eigenvalue weighted by Gasteiger charge is -2.23. The number of hydrogen-bond donors (Lipinski definition) is 0. The first-order valence-corrected chi connectivity index (χ1v) is 7.47. The number of likely N-dealkylation sites (N-methyl/N-ethyl adjacent to an activating group) is 1. The molecule has 20 heavy (non-hydrogen) atoms. The third kappa shape index (κ3) is 2.86. The Labute approximate surface area is 124 Å². The topological polar surface area (TPSA) is 32.3 Å². The number of anilines is 1. The molecule has 3 rings (SSSR count). The van der Waals surface area contributed by atoms with Gasteiger partial charge in [-0.05, 0) is 49.7 Å². The van der Waals surface area contributed by atoms with Crippen molar-refractivity contribution < 1.29 is 0 Å². The van der Waals surface area contributed by atoms with Crippen LogP contribution >= 0.6 is 11.6 Å². The summed E-state index contributed by atoms with van der Waals surface area (Å²) in [5, 5.41) is 1.37. The Morgan fingerprint density at radius 1 is 1.20 bits per heavy atom. The Bertz CT molecular complexity index is 595. The van der Waals surface area contributed by atoms with Crippen LogP contribution in [-0.4, -0.2) is 48.1 Å². The first-order valence-electron chi connectivity index (χ1n) is 7.10. The van der Waals surface area contributed by atoms with Crippen molar-refractivity contribution in [3.05, 3.63) is 29.5 Å². The van der Waals surface area contributed by atoms with E-state index in [1.165, 1.54) is 25.9 Å². The molecule has 106 valence electrons. The van der Waals surface area contributed by atoms with E-state index in [0.29, 0.717) is 5.28 Å². The fourth-order valence-corrected chi connectivity index (χ4v) is 2.90. The summed E-state index contributed by atoms with van der Waals surface area (Å²) in [7, 11) is 2.07. The summed E-state index contributed by atoms with van der Waals surface area (Å²) in [5.41, 5.74) is 0.899. The molecule has 0 atom stereocenters. The first-order chi connectivity index (χ1) is 9.74. The van der Waals surface area contributed by atoms with Gasteiger partial charge in [-0.3, -0.25) is 0 Å². The molecule has 1 fully saturated rings. The molecular weight excluding hydrogens is 272 g/mol. The fourth-order valence-electron chi connectivity index (χ4n) is 2.73. The largest absolute Gasteiger partial charge is 0.358 e. The van der Waals surface area contributed by atoms with Gasteiger partial charge in [0, 0.05) is 25.5 Å². The van der Waals surface area contributed by atoms with Crippen molar-refractivity contribution in [2.75, 3.05) is 38.1 Å². The molecule has 2 aromatic rings. The highest BCUT2D eigenvalue weighted by molar-refractivity contribution is 6.28. The minimum Gasteiger partial charge on any atom is -0.358 e. The standard InChI is InChI=1S/C15H19ClN4/c1-19(10-11-20-8-4-5-9-20)14-12-6-2-3-7-13(12)17-15(16)18-14/h2-3,6-7H,4-5,8-11H2,1H3. The van der Waals surface area contributed by atoms with Crippen LogP contribution in [0.5, 0.6) is 0 Å². The van der Waals surface area contributed by atoms with Gasteiger partial charge in [-0.1, -0.05) is 12.1 Å². The van der Waals surface area contributed by atoms with Crippen molar-refractivity contribution in [3.8, 4) is 0 Å². The molecule has 1 saturated heterocycles. The highest BCUT2D eigenvalue weighted by Crippen LogP contribution is 2.24. The molecule has 0 amide bonds. The predicted molar refractivity (Wildman–Crippen MR) is 83.5 cm³/mol. The summed E-state index contributed by atoms with van der Waals surface area (Å²) in [6, 6.07) is 8.01. The lowest BCUT2D eigenvalue weighted by molar-refractivity contribution is 0.346. The maximum atomic E-state index is 6.04. The molecule has 0 saturated carbocycles. The van der Waals surface area contributed by atoms with E-state index < -0.39 is 0 Å². The molecule has 0 aliphatic carbocycles. The van der Waals surface area contributed by atoms with Gasteiger partial charge in [-0.15, -0.1) is 0 Å². The van der Waals surface area contributed by atoms with Crippen LogP contribution in [0.3, 0.4) is 0 Å². The van der Waals surface area contributed by atoms with Crippen molar-refractivity contribution in [1.82, 2.24) is 14.9 Å². The van der Waals surface area contributed by atoms with E-state index in [-0.39, 0.29) is 0 Å². The van der Waals surface area contributed by atoms with Gasteiger partial charge in [0.25, 0.3) is 0 Å². The zero-order chi connectivity index (χ0) is 13.9. The van der Waals surface area contributed by atoms with Crippen LogP contribution in [0.1, 0.15) is 12.8 Å². The summed E-state index contributed by atoms with van der Waals surface area (Å²) < 4.78 is 0. The van der Waals surface area contributed by atoms with Gasteiger partial charge in [0.05, 0.1) is 5.52 Å². The summed E-state index contributed by atoms with van der Waals surface area (Å²) in [5.74, 6) is 0.916. The molecule has 0 N–H and O–H groups in total. The summed E-state index contributed by atoms with van der Waals surface area (Å²) in [6.07, 6.45) is 2.65. The molecule has 1 aromatic heterocycles. The van der Waals surface area contributed by atoms with E-state index in [4.69, 9.17) is 11.6 Å². The average molecular weight is 291 g/mol. The Morgan fingerprint density at radius 2 is 1.95 bits per heavy atom. The molecule has 2 heterocycles. The Morgan fingerprint density at radius 3 is 2.75 bits per heavy atom. The van der Waals surface area contributed by atoms with Crippen LogP contribution in [0.2, 0.25) is 5.28 Å². The molecule has 0 unspecified atom stereocenters. The third-order valence-corrected chi connectivity index (χ3v) is 4.04. The van der Waals surface area contributed by atoms with E-state index >= 15 is 0 Å². The third-order valence-electron chi connectivity index (χ3n) is 3.87. The maximum Gasteiger partial charge on any atom is 0.224 e. The molecule has 0 bridgehead atoms. The van der Waals surface area contributed by atoms with Crippen molar-refractivity contribution in [2.24, 2.45) is 0 Å². The average Bonchev–Trinajstić information content (AvgIpc) is 2.97. The highest BCUT2D eigenvalue weighted by Gasteiger charge is 2.14. The van der Waals surface area contributed by atoms with Crippen molar-refractivity contribution in [2.45, 2.75) is 12.8 Å². The molecule has 5 heteroatoms. The van der Waals surface area contributed by atoms with Crippen molar-refractivity contribution in [3.63, 3.8) is 0 Å². The lowest BCUT2D eigenvalue weighted by atomic mass is 10.2. The molecule has 0 radical (unpaired) electrons. The minimum absolute atomic E-state index is 0.312. The number of benzene rings is 1. The molecular formula is C15H19ClN4. The van der Waals surface area contributed by atoms with Crippen LogP contribution in [0, 0.1) is 0 Å². The second-order valence-electron chi connectivity index (χ2n) is 5.30. The number of para-hydroxylation sites is 1. The maximum absolute atomic E-state index is 6.04. The second-order valence-corrected chi connectivity index (χ2v) is 5.64. The Balaban J connectivity index is 1.81. The number of likely N-dealkylation sites (tertiary alicyclic amines) is 1. The quantitative estimate of drug-likeness (QED) is 0.811. The molecule has 0 spiro atoms. The van der Waals surface area contributed by atoms with Crippen LogP contribution < -0.4 is 4.90 Å². The predicted octanol–water partition coefficient (Wildman–Crippen LogP) is 2.82. The van der Waals surface area contributed by atoms with Gasteiger partial charge in [0.15, 0.2) is 0 Å². The highest BCUT2D eigenvalue weighted by atomic mass is 35.5. The summed E-state index contributed by atoms with van der Waals surface area (Å²) in [4.78, 5) is 13.4. The van der Waals surface area contributed by atoms with E-state index in [1.807, 2.05) is 24.3 Å². The number of fused-ring (bicyclic) bond motifs is 1. The smallest absolute Gasteiger partial charge is 0.224 e. The molecule has 1 aliphatic rings. The number of nitrogens with zero attached hydrogens (tertiary/aromatic N) is 4. The van der Waals surface area contributed by atoms with Crippen LogP contribution in [0.25, 0.3) is 10.9 Å². The van der Waals surface area contributed by atoms with Gasteiger partial charge in [-0.25, -0.2) is 4.98 Å². The van der Waals surface area contributed by atoms with Crippen molar-refractivity contribution in [1.29, 1.82) is 0 Å². The van der Waals surface area contributed by atoms with Crippen molar-refractivity contribution >= 4 is 28.3 Å². The normalized spacial score (nSPS) is 15.9. The summed E-state index contributed by atoms with van der Waals surface area (Å²) in [6.45, 7) is 4.47.